The molecule has 3 unspecified atom stereocenters. The summed E-state index contributed by atoms with van der Waals surface area (Å²) in [6.07, 6.45) is 13.2. The number of aromatic nitrogens is 1. The highest BCUT2D eigenvalue weighted by atomic mass is 31.0. The number of benzene rings is 1. The molecule has 1 aromatic carbocycles. The molecule has 1 aliphatic rings. The predicted octanol–water partition coefficient (Wildman–Crippen LogP) is 5.17. The summed E-state index contributed by atoms with van der Waals surface area (Å²) < 4.78 is 5.32. The number of methoxy groups -OCH3 is 1. The van der Waals surface area contributed by atoms with Gasteiger partial charge in [0.2, 0.25) is 5.88 Å². The first-order chi connectivity index (χ1) is 14.9. The first-order valence-electron chi connectivity index (χ1n) is 11.1. The zero-order valence-corrected chi connectivity index (χ0v) is 21.6. The van der Waals surface area contributed by atoms with Crippen LogP contribution in [0.2, 0.25) is 0 Å². The van der Waals surface area contributed by atoms with Crippen molar-refractivity contribution in [1.29, 1.82) is 0 Å². The van der Waals surface area contributed by atoms with Crippen molar-refractivity contribution in [3.05, 3.63) is 71.6 Å². The molecule has 5 heteroatoms. The highest BCUT2D eigenvalue weighted by Gasteiger charge is 2.52. The summed E-state index contributed by atoms with van der Waals surface area (Å²) in [5, 5.41) is 2.48. The first-order valence-corrected chi connectivity index (χ1v) is 12.3. The fourth-order valence-electron chi connectivity index (χ4n) is 4.21. The Hall–Kier alpha value is -1.69. The van der Waals surface area contributed by atoms with Gasteiger partial charge >= 0.3 is 0 Å². The molecule has 0 radical (unpaired) electrons. The molecule has 31 heavy (non-hydrogen) atoms. The third-order valence-electron chi connectivity index (χ3n) is 6.19. The molecule has 0 bridgehead atoms. The molecule has 1 aliphatic carbocycles. The maximum absolute atomic E-state index is 5.32. The molecule has 0 N–H and O–H groups in total. The van der Waals surface area contributed by atoms with Crippen LogP contribution in [0.15, 0.2) is 60.5 Å². The summed E-state index contributed by atoms with van der Waals surface area (Å²) in [4.78, 5) is 6.80. The van der Waals surface area contributed by atoms with E-state index in [1.165, 1.54) is 33.7 Å². The average molecular weight is 455 g/mol. The molecule has 1 aromatic heterocycles. The van der Waals surface area contributed by atoms with Crippen molar-refractivity contribution in [2.75, 3.05) is 7.11 Å². The first kappa shape index (κ1) is 24.0. The molecule has 0 amide bonds. The van der Waals surface area contributed by atoms with Crippen molar-refractivity contribution in [1.82, 2.24) is 9.88 Å². The Morgan fingerprint density at radius 1 is 1.19 bits per heavy atom. The molecule has 1 fully saturated rings. The summed E-state index contributed by atoms with van der Waals surface area (Å²) in [6, 6.07) is 11.4. The number of rotatable bonds is 10. The summed E-state index contributed by atoms with van der Waals surface area (Å²) in [5.41, 5.74) is 4.29. The maximum Gasteiger partial charge on any atom is 0.213 e. The Kier molecular flexibility index (Phi) is 8.31. The van der Waals surface area contributed by atoms with E-state index in [0.29, 0.717) is 11.9 Å². The number of pyridine rings is 1. The second-order valence-corrected chi connectivity index (χ2v) is 9.99. The second-order valence-electron chi connectivity index (χ2n) is 8.75. The number of hydrogen-bond donors (Lipinski definition) is 0. The average Bonchev–Trinajstić information content (AvgIpc) is 3.42. The highest BCUT2D eigenvalue weighted by Crippen LogP contribution is 2.52. The van der Waals surface area contributed by atoms with E-state index in [4.69, 9.17) is 4.74 Å². The lowest BCUT2D eigenvalue weighted by Crippen LogP contribution is -2.25. The quantitative estimate of drug-likeness (QED) is 0.366. The van der Waals surface area contributed by atoms with Crippen LogP contribution in [0.25, 0.3) is 0 Å². The molecule has 0 spiro atoms. The fraction of sp³-hybridized carbons (Fsp3) is 0.423. The number of nitrogens with zero attached hydrogens (tertiary/aromatic N) is 2. The Balaban J connectivity index is 1.81. The topological polar surface area (TPSA) is 25.4 Å². The van der Waals surface area contributed by atoms with Gasteiger partial charge in [-0.15, -0.1) is 18.5 Å². The molecule has 3 rings (SSSR count). The summed E-state index contributed by atoms with van der Waals surface area (Å²) in [5.74, 6) is 0.692. The number of ether oxygens (including phenoxy) is 1. The largest absolute Gasteiger partial charge is 0.481 e. The van der Waals surface area contributed by atoms with Gasteiger partial charge in [0, 0.05) is 24.8 Å². The molecule has 3 nitrogen and oxygen atoms in total. The zero-order valence-electron chi connectivity index (χ0n) is 19.3. The van der Waals surface area contributed by atoms with Crippen LogP contribution in [-0.4, -0.2) is 23.0 Å². The van der Waals surface area contributed by atoms with E-state index in [1.54, 1.807) is 7.11 Å². The van der Waals surface area contributed by atoms with Gasteiger partial charge in [-0.2, -0.15) is 0 Å². The van der Waals surface area contributed by atoms with Gasteiger partial charge in [0.05, 0.1) is 7.11 Å². The summed E-state index contributed by atoms with van der Waals surface area (Å²) in [6.45, 7) is 7.76. The van der Waals surface area contributed by atoms with Gasteiger partial charge in [-0.05, 0) is 77.2 Å². The van der Waals surface area contributed by atoms with Crippen LogP contribution in [0.1, 0.15) is 51.2 Å². The van der Waals surface area contributed by atoms with E-state index in [9.17, 15) is 0 Å². The van der Waals surface area contributed by atoms with E-state index in [2.05, 4.69) is 97.8 Å². The second kappa shape index (κ2) is 10.8. The van der Waals surface area contributed by atoms with Crippen LogP contribution in [-0.2, 0) is 13.0 Å². The van der Waals surface area contributed by atoms with Gasteiger partial charge < -0.3 is 9.64 Å². The van der Waals surface area contributed by atoms with Crippen LogP contribution in [0.4, 0.5) is 0 Å². The van der Waals surface area contributed by atoms with Crippen molar-refractivity contribution in [2.45, 2.75) is 59.0 Å². The number of allylic oxidation sites excluding steroid dienone is 3. The van der Waals surface area contributed by atoms with Crippen molar-refractivity contribution >= 4 is 29.1 Å². The molecule has 1 saturated carbocycles. The molecular formula is C26H36N2OP2. The minimum atomic E-state index is 0.252. The van der Waals surface area contributed by atoms with Crippen molar-refractivity contribution in [2.24, 2.45) is 5.41 Å². The Labute approximate surface area is 192 Å². The van der Waals surface area contributed by atoms with Gasteiger partial charge in [0.1, 0.15) is 0 Å². The minimum absolute atomic E-state index is 0.252. The van der Waals surface area contributed by atoms with Crippen LogP contribution < -0.4 is 15.3 Å². The monoisotopic (exact) mass is 454 g/mol. The molecular weight excluding hydrogens is 418 g/mol. The smallest absolute Gasteiger partial charge is 0.213 e. The van der Waals surface area contributed by atoms with Crippen LogP contribution >= 0.6 is 18.5 Å². The lowest BCUT2D eigenvalue weighted by molar-refractivity contribution is 0.305. The van der Waals surface area contributed by atoms with Crippen molar-refractivity contribution in [3.63, 3.8) is 0 Å². The molecule has 0 saturated heterocycles. The van der Waals surface area contributed by atoms with Gasteiger partial charge in [0.25, 0.3) is 0 Å². The zero-order chi connectivity index (χ0) is 22.4. The van der Waals surface area contributed by atoms with Gasteiger partial charge in [0.15, 0.2) is 0 Å². The standard InChI is InChI=1S/C26H36N2OP2/c1-5-7-19(6-2)11-13-28(18-21-8-9-22(30)23(31)14-21)24-17-26(24,3)16-20-10-12-27-25(15-20)29-4/h7-15,24H,5-6,16-18,30-31H2,1-4H3/b13-11-,19-7+/t24?,26-/m1/s1. The Bertz CT molecular complexity index is 956. The van der Waals surface area contributed by atoms with E-state index in [0.717, 1.165) is 25.8 Å². The van der Waals surface area contributed by atoms with Gasteiger partial charge in [-0.1, -0.05) is 44.6 Å². The third-order valence-corrected chi connectivity index (χ3v) is 7.55. The highest BCUT2D eigenvalue weighted by molar-refractivity contribution is 7.35. The molecule has 0 aliphatic heterocycles. The lowest BCUT2D eigenvalue weighted by atomic mass is 9.98. The van der Waals surface area contributed by atoms with Crippen molar-refractivity contribution in [3.8, 4) is 5.88 Å². The number of hydrogen-bond acceptors (Lipinski definition) is 3. The summed E-state index contributed by atoms with van der Waals surface area (Å²) >= 11 is 0. The third kappa shape index (κ3) is 6.41. The van der Waals surface area contributed by atoms with Crippen molar-refractivity contribution < 1.29 is 4.74 Å². The van der Waals surface area contributed by atoms with Gasteiger partial charge in [-0.3, -0.25) is 0 Å². The molecule has 4 atom stereocenters. The Morgan fingerprint density at radius 2 is 2.00 bits per heavy atom. The SMILES string of the molecule is CC/C=C(/C=C\N(Cc1ccc(P)c(P)c1)C1C[C@@]1(C)Cc1ccnc(OC)c1)CC. The van der Waals surface area contributed by atoms with E-state index >= 15 is 0 Å². The molecule has 1 heterocycles. The molecule has 166 valence electrons. The fourth-order valence-corrected chi connectivity index (χ4v) is 4.70. The minimum Gasteiger partial charge on any atom is -0.481 e. The van der Waals surface area contributed by atoms with Crippen LogP contribution in [0.5, 0.6) is 5.88 Å². The predicted molar refractivity (Wildman–Crippen MR) is 139 cm³/mol. The summed E-state index contributed by atoms with van der Waals surface area (Å²) in [7, 11) is 7.33. The lowest BCUT2D eigenvalue weighted by Gasteiger charge is -2.25. The van der Waals surface area contributed by atoms with Gasteiger partial charge in [-0.25, -0.2) is 4.98 Å². The molecule has 2 aromatic rings. The normalized spacial score (nSPS) is 20.8. The van der Waals surface area contributed by atoms with Crippen LogP contribution in [0.3, 0.4) is 0 Å². The maximum atomic E-state index is 5.32. The van der Waals surface area contributed by atoms with Crippen LogP contribution in [0, 0.1) is 5.41 Å². The van der Waals surface area contributed by atoms with E-state index < -0.39 is 0 Å². The Morgan fingerprint density at radius 3 is 2.68 bits per heavy atom. The van der Waals surface area contributed by atoms with E-state index in [1.807, 2.05) is 6.20 Å². The van der Waals surface area contributed by atoms with E-state index in [-0.39, 0.29) is 5.41 Å².